The molecule has 3 aromatic rings. The summed E-state index contributed by atoms with van der Waals surface area (Å²) >= 11 is 0. The van der Waals surface area contributed by atoms with E-state index in [1.807, 2.05) is 43.3 Å². The molecule has 0 bridgehead atoms. The van der Waals surface area contributed by atoms with Gasteiger partial charge in [0.25, 0.3) is 5.91 Å². The molecule has 0 radical (unpaired) electrons. The average Bonchev–Trinajstić information content (AvgIpc) is 3.23. The number of furan rings is 1. The highest BCUT2D eigenvalue weighted by Crippen LogP contribution is 2.23. The van der Waals surface area contributed by atoms with Gasteiger partial charge in [-0.3, -0.25) is 9.89 Å². The fourth-order valence-corrected chi connectivity index (χ4v) is 2.64. The molecule has 0 aliphatic heterocycles. The third-order valence-corrected chi connectivity index (χ3v) is 3.93. The average molecular weight is 338 g/mol. The lowest BCUT2D eigenvalue weighted by Gasteiger charge is -2.11. The second-order valence-corrected chi connectivity index (χ2v) is 6.18. The summed E-state index contributed by atoms with van der Waals surface area (Å²) in [6, 6.07) is 11.5. The van der Waals surface area contributed by atoms with Crippen molar-refractivity contribution in [1.82, 2.24) is 20.4 Å². The Labute approximate surface area is 146 Å². The third-order valence-electron chi connectivity index (χ3n) is 3.93. The number of carbonyl (C=O) groups is 1. The number of H-pyrrole nitrogens is 1. The summed E-state index contributed by atoms with van der Waals surface area (Å²) in [5.41, 5.74) is 3.68. The van der Waals surface area contributed by atoms with E-state index < -0.39 is 0 Å². The van der Waals surface area contributed by atoms with Crippen molar-refractivity contribution in [2.75, 3.05) is 14.1 Å². The van der Waals surface area contributed by atoms with Crippen molar-refractivity contribution in [2.45, 2.75) is 20.0 Å². The fraction of sp³-hybridized carbons (Fsp3) is 0.263. The first kappa shape index (κ1) is 17.0. The van der Waals surface area contributed by atoms with Gasteiger partial charge in [0.05, 0.1) is 6.20 Å². The summed E-state index contributed by atoms with van der Waals surface area (Å²) in [6.07, 6.45) is 1.80. The van der Waals surface area contributed by atoms with E-state index in [0.29, 0.717) is 18.7 Å². The number of rotatable bonds is 6. The molecule has 1 amide bonds. The van der Waals surface area contributed by atoms with E-state index in [2.05, 4.69) is 15.5 Å². The molecule has 25 heavy (non-hydrogen) atoms. The highest BCUT2D eigenvalue weighted by Gasteiger charge is 2.11. The fourth-order valence-electron chi connectivity index (χ4n) is 2.64. The normalized spacial score (nSPS) is 10.8. The molecule has 0 aliphatic carbocycles. The number of hydrogen-bond acceptors (Lipinski definition) is 4. The molecule has 130 valence electrons. The largest absolute Gasteiger partial charge is 0.460 e. The second-order valence-electron chi connectivity index (χ2n) is 6.18. The maximum Gasteiger partial charge on any atom is 0.253 e. The predicted octanol–water partition coefficient (Wildman–Crippen LogP) is 2.97. The zero-order valence-electron chi connectivity index (χ0n) is 14.7. The second kappa shape index (κ2) is 7.36. The van der Waals surface area contributed by atoms with Gasteiger partial charge in [-0.25, -0.2) is 0 Å². The number of carbonyl (C=O) groups excluding carboxylic acids is 1. The number of aryl methyl sites for hydroxylation is 1. The molecule has 0 fully saturated rings. The molecule has 2 aromatic heterocycles. The highest BCUT2D eigenvalue weighted by molar-refractivity contribution is 5.94. The van der Waals surface area contributed by atoms with Crippen LogP contribution < -0.4 is 5.32 Å². The Kier molecular flexibility index (Phi) is 5.00. The van der Waals surface area contributed by atoms with E-state index in [1.165, 1.54) is 0 Å². The van der Waals surface area contributed by atoms with Gasteiger partial charge in [-0.2, -0.15) is 5.10 Å². The Balaban J connectivity index is 1.64. The van der Waals surface area contributed by atoms with Gasteiger partial charge < -0.3 is 14.6 Å². The Morgan fingerprint density at radius 1 is 1.24 bits per heavy atom. The van der Waals surface area contributed by atoms with Crippen LogP contribution in [-0.4, -0.2) is 35.1 Å². The first-order valence-electron chi connectivity index (χ1n) is 8.15. The topological polar surface area (TPSA) is 74.2 Å². The summed E-state index contributed by atoms with van der Waals surface area (Å²) in [5.74, 6) is 1.66. The van der Waals surface area contributed by atoms with Crippen LogP contribution in [0.2, 0.25) is 0 Å². The molecule has 1 aromatic carbocycles. The van der Waals surface area contributed by atoms with Gasteiger partial charge in [-0.05, 0) is 36.8 Å². The van der Waals surface area contributed by atoms with Gasteiger partial charge in [0.15, 0.2) is 5.76 Å². The molecular weight excluding hydrogens is 316 g/mol. The van der Waals surface area contributed by atoms with Crippen LogP contribution in [0, 0.1) is 6.92 Å². The standard InChI is InChI=1S/C19H22N4O2/c1-13-7-8-17(25-13)18-16(12-21-22-18)11-20-10-14-5-4-6-15(9-14)19(24)23(2)3/h4-9,12,20H,10-11H2,1-3H3,(H,21,22). The van der Waals surface area contributed by atoms with Crippen LogP contribution in [0.5, 0.6) is 0 Å². The lowest BCUT2D eigenvalue weighted by Crippen LogP contribution is -2.22. The van der Waals surface area contributed by atoms with Crippen LogP contribution in [-0.2, 0) is 13.1 Å². The van der Waals surface area contributed by atoms with Gasteiger partial charge in [0.1, 0.15) is 11.5 Å². The molecule has 0 spiro atoms. The van der Waals surface area contributed by atoms with E-state index in [9.17, 15) is 4.79 Å². The molecule has 0 saturated carbocycles. The predicted molar refractivity (Wildman–Crippen MR) is 96.0 cm³/mol. The Hall–Kier alpha value is -2.86. The SMILES string of the molecule is Cc1ccc(-c2[nH]ncc2CNCc2cccc(C(=O)N(C)C)c2)o1. The summed E-state index contributed by atoms with van der Waals surface area (Å²) in [4.78, 5) is 13.6. The molecule has 2 heterocycles. The van der Waals surface area contributed by atoms with Crippen LogP contribution in [0.4, 0.5) is 0 Å². The first-order valence-corrected chi connectivity index (χ1v) is 8.15. The molecule has 6 nitrogen and oxygen atoms in total. The Morgan fingerprint density at radius 2 is 2.08 bits per heavy atom. The van der Waals surface area contributed by atoms with Crippen molar-refractivity contribution >= 4 is 5.91 Å². The van der Waals surface area contributed by atoms with Gasteiger partial charge in [0.2, 0.25) is 0 Å². The monoisotopic (exact) mass is 338 g/mol. The first-order chi connectivity index (χ1) is 12.0. The van der Waals surface area contributed by atoms with Crippen molar-refractivity contribution in [3.63, 3.8) is 0 Å². The summed E-state index contributed by atoms with van der Waals surface area (Å²) in [5, 5.41) is 10.5. The van der Waals surface area contributed by atoms with Crippen molar-refractivity contribution in [3.8, 4) is 11.5 Å². The molecule has 0 unspecified atom stereocenters. The number of nitrogens with zero attached hydrogens (tertiary/aromatic N) is 2. The molecular formula is C19H22N4O2. The highest BCUT2D eigenvalue weighted by atomic mass is 16.3. The number of hydrogen-bond donors (Lipinski definition) is 2. The van der Waals surface area contributed by atoms with Crippen LogP contribution >= 0.6 is 0 Å². The molecule has 2 N–H and O–H groups in total. The van der Waals surface area contributed by atoms with E-state index in [4.69, 9.17) is 4.42 Å². The molecule has 0 atom stereocenters. The number of amides is 1. The molecule has 0 aliphatic rings. The van der Waals surface area contributed by atoms with Crippen LogP contribution in [0.3, 0.4) is 0 Å². The maximum atomic E-state index is 12.0. The zero-order valence-corrected chi connectivity index (χ0v) is 14.7. The molecule has 6 heteroatoms. The van der Waals surface area contributed by atoms with Gasteiger partial charge in [-0.1, -0.05) is 12.1 Å². The Bertz CT molecular complexity index is 864. The van der Waals surface area contributed by atoms with Crippen molar-refractivity contribution in [1.29, 1.82) is 0 Å². The quantitative estimate of drug-likeness (QED) is 0.725. The zero-order chi connectivity index (χ0) is 17.8. The molecule has 0 saturated heterocycles. The van der Waals surface area contributed by atoms with E-state index >= 15 is 0 Å². The Morgan fingerprint density at radius 3 is 2.80 bits per heavy atom. The van der Waals surface area contributed by atoms with Crippen molar-refractivity contribution < 1.29 is 9.21 Å². The van der Waals surface area contributed by atoms with E-state index in [0.717, 1.165) is 28.3 Å². The minimum Gasteiger partial charge on any atom is -0.460 e. The van der Waals surface area contributed by atoms with Crippen molar-refractivity contribution in [2.24, 2.45) is 0 Å². The lowest BCUT2D eigenvalue weighted by molar-refractivity contribution is 0.0827. The number of aromatic nitrogens is 2. The lowest BCUT2D eigenvalue weighted by atomic mass is 10.1. The van der Waals surface area contributed by atoms with Crippen LogP contribution in [0.1, 0.15) is 27.2 Å². The maximum absolute atomic E-state index is 12.0. The minimum absolute atomic E-state index is 0.00663. The summed E-state index contributed by atoms with van der Waals surface area (Å²) < 4.78 is 5.66. The van der Waals surface area contributed by atoms with Crippen molar-refractivity contribution in [3.05, 3.63) is 65.0 Å². The minimum atomic E-state index is 0.00663. The van der Waals surface area contributed by atoms with E-state index in [-0.39, 0.29) is 5.91 Å². The third kappa shape index (κ3) is 3.97. The number of nitrogens with one attached hydrogen (secondary N) is 2. The van der Waals surface area contributed by atoms with Gasteiger partial charge in [0, 0.05) is 38.3 Å². The van der Waals surface area contributed by atoms with Crippen LogP contribution in [0.25, 0.3) is 11.5 Å². The van der Waals surface area contributed by atoms with Crippen LogP contribution in [0.15, 0.2) is 47.0 Å². The number of benzene rings is 1. The van der Waals surface area contributed by atoms with E-state index in [1.54, 1.807) is 25.2 Å². The summed E-state index contributed by atoms with van der Waals surface area (Å²) in [7, 11) is 3.51. The van der Waals surface area contributed by atoms with Gasteiger partial charge >= 0.3 is 0 Å². The summed E-state index contributed by atoms with van der Waals surface area (Å²) in [6.45, 7) is 3.23. The smallest absolute Gasteiger partial charge is 0.253 e. The molecule has 3 rings (SSSR count). The number of aromatic amines is 1. The van der Waals surface area contributed by atoms with Gasteiger partial charge in [-0.15, -0.1) is 0 Å².